The van der Waals surface area contributed by atoms with Crippen LogP contribution in [-0.4, -0.2) is 35.1 Å². The van der Waals surface area contributed by atoms with Crippen molar-refractivity contribution < 1.29 is 18.7 Å². The summed E-state index contributed by atoms with van der Waals surface area (Å²) in [6, 6.07) is 1.29. The maximum Gasteiger partial charge on any atom is 0.410 e. The van der Waals surface area contributed by atoms with Gasteiger partial charge in [0.15, 0.2) is 0 Å². The third-order valence-corrected chi connectivity index (χ3v) is 4.46. The molecule has 2 aliphatic heterocycles. The van der Waals surface area contributed by atoms with Gasteiger partial charge >= 0.3 is 6.09 Å². The molecule has 1 aromatic carbocycles. The highest BCUT2D eigenvalue weighted by molar-refractivity contribution is 7.80. The number of thiol groups is 1. The van der Waals surface area contributed by atoms with Gasteiger partial charge in [-0.2, -0.15) is 0 Å². The van der Waals surface area contributed by atoms with Crippen LogP contribution in [0.2, 0.25) is 0 Å². The fraction of sp³-hybridized carbons (Fsp3) is 0.500. The third-order valence-electron chi connectivity index (χ3n) is 4.17. The Labute approximate surface area is 152 Å². The van der Waals surface area contributed by atoms with Crippen molar-refractivity contribution in [3.8, 4) is 5.75 Å². The molecule has 1 amide bonds. The van der Waals surface area contributed by atoms with Gasteiger partial charge in [0.05, 0.1) is 5.69 Å². The van der Waals surface area contributed by atoms with Crippen LogP contribution >= 0.6 is 12.6 Å². The lowest BCUT2D eigenvalue weighted by atomic mass is 9.92. The predicted molar refractivity (Wildman–Crippen MR) is 98.3 cm³/mol. The average molecular weight is 366 g/mol. The number of carbonyl (C=O) groups is 1. The van der Waals surface area contributed by atoms with E-state index in [-0.39, 0.29) is 17.3 Å². The Bertz CT molecular complexity index is 743. The van der Waals surface area contributed by atoms with Gasteiger partial charge < -0.3 is 20.1 Å². The Kier molecular flexibility index (Phi) is 4.62. The van der Waals surface area contributed by atoms with E-state index in [1.54, 1.807) is 4.90 Å². The second kappa shape index (κ2) is 6.44. The van der Waals surface area contributed by atoms with E-state index in [0.717, 1.165) is 11.1 Å². The number of amides is 1. The number of fused-ring (bicyclic) bond motifs is 1. The molecule has 136 valence electrons. The van der Waals surface area contributed by atoms with Crippen molar-refractivity contribution in [2.45, 2.75) is 44.6 Å². The quantitative estimate of drug-likeness (QED) is 0.588. The monoisotopic (exact) mass is 366 g/mol. The van der Waals surface area contributed by atoms with E-state index in [0.29, 0.717) is 42.9 Å². The third kappa shape index (κ3) is 3.71. The second-order valence-electron chi connectivity index (χ2n) is 7.31. The predicted octanol–water partition coefficient (Wildman–Crippen LogP) is 3.62. The van der Waals surface area contributed by atoms with Crippen LogP contribution in [-0.2, 0) is 11.2 Å². The lowest BCUT2D eigenvalue weighted by Crippen LogP contribution is -2.39. The van der Waals surface area contributed by atoms with Crippen LogP contribution in [0.3, 0.4) is 0 Å². The zero-order valence-corrected chi connectivity index (χ0v) is 15.5. The summed E-state index contributed by atoms with van der Waals surface area (Å²) in [5.74, 6) is 0.158. The number of nitrogen functional groups attached to an aromatic ring is 1. The summed E-state index contributed by atoms with van der Waals surface area (Å²) >= 11 is 4.32. The van der Waals surface area contributed by atoms with Gasteiger partial charge in [0.25, 0.3) is 0 Å². The summed E-state index contributed by atoms with van der Waals surface area (Å²) in [6.45, 7) is 6.35. The summed E-state index contributed by atoms with van der Waals surface area (Å²) in [5.41, 5.74) is 7.45. The molecule has 25 heavy (non-hydrogen) atoms. The number of anilines is 1. The minimum atomic E-state index is -0.538. The van der Waals surface area contributed by atoms with Crippen molar-refractivity contribution in [2.75, 3.05) is 18.8 Å². The van der Waals surface area contributed by atoms with Crippen LogP contribution < -0.4 is 10.5 Å². The SMILES string of the molecule is CC(C)(C)OC(=O)N1CC=C(c2c(F)cc(N)c3c2C[C@@H](S)O3)CC1. The van der Waals surface area contributed by atoms with Gasteiger partial charge in [-0.05, 0) is 32.8 Å². The fourth-order valence-corrected chi connectivity index (χ4v) is 3.42. The minimum absolute atomic E-state index is 0.291. The molecule has 0 saturated carbocycles. The van der Waals surface area contributed by atoms with E-state index in [1.165, 1.54) is 6.07 Å². The first-order chi connectivity index (χ1) is 11.7. The molecule has 2 heterocycles. The number of halogens is 1. The molecule has 0 radical (unpaired) electrons. The number of nitrogens with two attached hydrogens (primary N) is 1. The van der Waals surface area contributed by atoms with E-state index in [4.69, 9.17) is 15.2 Å². The van der Waals surface area contributed by atoms with E-state index in [1.807, 2.05) is 26.8 Å². The number of benzene rings is 1. The van der Waals surface area contributed by atoms with Crippen molar-refractivity contribution in [2.24, 2.45) is 0 Å². The maximum atomic E-state index is 14.6. The van der Waals surface area contributed by atoms with Gasteiger partial charge in [-0.3, -0.25) is 0 Å². The van der Waals surface area contributed by atoms with Crippen molar-refractivity contribution >= 4 is 30.0 Å². The topological polar surface area (TPSA) is 64.8 Å². The lowest BCUT2D eigenvalue weighted by molar-refractivity contribution is 0.0270. The Balaban J connectivity index is 1.84. The molecule has 0 saturated heterocycles. The van der Waals surface area contributed by atoms with Crippen LogP contribution in [0.4, 0.5) is 14.9 Å². The van der Waals surface area contributed by atoms with Crippen LogP contribution in [0.5, 0.6) is 5.75 Å². The summed E-state index contributed by atoms with van der Waals surface area (Å²) in [5, 5.41) is 0. The van der Waals surface area contributed by atoms with Gasteiger partial charge in [-0.1, -0.05) is 6.08 Å². The average Bonchev–Trinajstić information content (AvgIpc) is 2.88. The molecular formula is C18H23FN2O3S. The fourth-order valence-electron chi connectivity index (χ4n) is 3.13. The maximum absolute atomic E-state index is 14.6. The molecule has 0 unspecified atom stereocenters. The van der Waals surface area contributed by atoms with E-state index in [9.17, 15) is 9.18 Å². The number of ether oxygens (including phenoxy) is 2. The van der Waals surface area contributed by atoms with Crippen LogP contribution in [0.1, 0.15) is 38.3 Å². The molecule has 0 aromatic heterocycles. The lowest BCUT2D eigenvalue weighted by Gasteiger charge is -2.30. The Hall–Kier alpha value is -1.89. The van der Waals surface area contributed by atoms with Crippen molar-refractivity contribution in [3.05, 3.63) is 29.1 Å². The molecule has 1 aromatic rings. The second-order valence-corrected chi connectivity index (χ2v) is 7.89. The number of nitrogens with zero attached hydrogens (tertiary/aromatic N) is 1. The van der Waals surface area contributed by atoms with Crippen molar-refractivity contribution in [1.82, 2.24) is 4.90 Å². The number of rotatable bonds is 1. The Morgan fingerprint density at radius 2 is 2.20 bits per heavy atom. The summed E-state index contributed by atoms with van der Waals surface area (Å²) < 4.78 is 25.6. The molecule has 2 N–H and O–H groups in total. The van der Waals surface area contributed by atoms with Crippen LogP contribution in [0, 0.1) is 5.82 Å². The number of hydrogen-bond acceptors (Lipinski definition) is 5. The molecule has 5 nitrogen and oxygen atoms in total. The molecule has 0 fully saturated rings. The highest BCUT2D eigenvalue weighted by Gasteiger charge is 2.31. The van der Waals surface area contributed by atoms with Crippen LogP contribution in [0.25, 0.3) is 5.57 Å². The van der Waals surface area contributed by atoms with E-state index < -0.39 is 5.60 Å². The number of carbonyl (C=O) groups excluding carboxylic acids is 1. The smallest absolute Gasteiger partial charge is 0.410 e. The van der Waals surface area contributed by atoms with Gasteiger partial charge in [-0.15, -0.1) is 12.6 Å². The summed E-state index contributed by atoms with van der Waals surface area (Å²) in [7, 11) is 0. The molecule has 2 aliphatic rings. The zero-order valence-electron chi connectivity index (χ0n) is 14.6. The first-order valence-electron chi connectivity index (χ1n) is 8.28. The molecular weight excluding hydrogens is 343 g/mol. The van der Waals surface area contributed by atoms with E-state index in [2.05, 4.69) is 12.6 Å². The van der Waals surface area contributed by atoms with Gasteiger partial charge in [0.1, 0.15) is 22.6 Å². The first-order valence-corrected chi connectivity index (χ1v) is 8.80. The highest BCUT2D eigenvalue weighted by atomic mass is 32.1. The zero-order chi connectivity index (χ0) is 18.4. The molecule has 3 rings (SSSR count). The molecule has 7 heteroatoms. The largest absolute Gasteiger partial charge is 0.477 e. The molecule has 0 bridgehead atoms. The standard InChI is InChI=1S/C18H23FN2O3S/c1-18(2,3)24-17(22)21-6-4-10(5-7-21)15-11-8-14(25)23-16(11)13(20)9-12(15)19/h4,9,14,25H,5-8,20H2,1-3H3/t14-/m1/s1. The number of hydrogen-bond donors (Lipinski definition) is 2. The Morgan fingerprint density at radius 3 is 2.80 bits per heavy atom. The van der Waals surface area contributed by atoms with Gasteiger partial charge in [0.2, 0.25) is 0 Å². The molecule has 1 atom stereocenters. The molecule has 0 aliphatic carbocycles. The summed E-state index contributed by atoms with van der Waals surface area (Å²) in [6.07, 6.45) is 2.56. The van der Waals surface area contributed by atoms with Crippen LogP contribution in [0.15, 0.2) is 12.1 Å². The van der Waals surface area contributed by atoms with E-state index >= 15 is 0 Å². The summed E-state index contributed by atoms with van der Waals surface area (Å²) in [4.78, 5) is 13.8. The highest BCUT2D eigenvalue weighted by Crippen LogP contribution is 2.42. The Morgan fingerprint density at radius 1 is 1.48 bits per heavy atom. The molecule has 0 spiro atoms. The van der Waals surface area contributed by atoms with Crippen molar-refractivity contribution in [1.29, 1.82) is 0 Å². The minimum Gasteiger partial charge on any atom is -0.477 e. The van der Waals surface area contributed by atoms with Crippen molar-refractivity contribution in [3.63, 3.8) is 0 Å². The van der Waals surface area contributed by atoms with Gasteiger partial charge in [-0.25, -0.2) is 9.18 Å². The first kappa shape index (κ1) is 17.9. The van der Waals surface area contributed by atoms with Gasteiger partial charge in [0, 0.05) is 36.7 Å². The normalized spacial score (nSPS) is 20.0.